The molecule has 6 rings (SSSR count). The van der Waals surface area contributed by atoms with E-state index in [1.165, 1.54) is 15.7 Å². The second-order valence-electron chi connectivity index (χ2n) is 10.6. The number of carbonyl (C=O) groups is 1. The van der Waals surface area contributed by atoms with Crippen molar-refractivity contribution in [2.45, 2.75) is 30.8 Å². The third-order valence-corrected chi connectivity index (χ3v) is 8.10. The Bertz CT molecular complexity index is 1580. The van der Waals surface area contributed by atoms with Crippen molar-refractivity contribution in [3.8, 4) is 5.75 Å². The van der Waals surface area contributed by atoms with Gasteiger partial charge in [0, 0.05) is 37.8 Å². The number of carboxylic acid groups (broad SMARTS) is 1. The number of aliphatic hydroxyl groups excluding tert-OH is 1. The van der Waals surface area contributed by atoms with E-state index in [9.17, 15) is 28.6 Å². The topological polar surface area (TPSA) is 145 Å². The number of halogens is 3. The van der Waals surface area contributed by atoms with Gasteiger partial charge >= 0.3 is 12.0 Å². The van der Waals surface area contributed by atoms with Crippen molar-refractivity contribution in [2.24, 2.45) is 13.0 Å². The zero-order chi connectivity index (χ0) is 29.1. The summed E-state index contributed by atoms with van der Waals surface area (Å²) in [4.78, 5) is 36.2. The quantitative estimate of drug-likeness (QED) is 0.349. The second-order valence-corrected chi connectivity index (χ2v) is 11.0. The van der Waals surface area contributed by atoms with Gasteiger partial charge in [0.15, 0.2) is 12.4 Å². The zero-order valence-corrected chi connectivity index (χ0v) is 22.7. The molecular formula is C26H28ClF2N7O5. The molecule has 4 heterocycles. The van der Waals surface area contributed by atoms with Crippen LogP contribution in [0.25, 0.3) is 10.9 Å². The van der Waals surface area contributed by atoms with E-state index < -0.39 is 36.3 Å². The summed E-state index contributed by atoms with van der Waals surface area (Å²) in [6, 6.07) is 3.40. The molecule has 2 aromatic heterocycles. The fourth-order valence-corrected chi connectivity index (χ4v) is 5.59. The fraction of sp³-hybridized carbons (Fsp3) is 0.462. The molecule has 218 valence electrons. The number of rotatable bonds is 5. The largest absolute Gasteiger partial charge is 0.480 e. The fourth-order valence-electron chi connectivity index (χ4n) is 5.46. The summed E-state index contributed by atoms with van der Waals surface area (Å²) in [5.41, 5.74) is 0.738. The van der Waals surface area contributed by atoms with Crippen molar-refractivity contribution in [3.63, 3.8) is 0 Å². The summed E-state index contributed by atoms with van der Waals surface area (Å²) in [5.74, 6) is -3.02. The minimum atomic E-state index is -3.15. The van der Waals surface area contributed by atoms with E-state index >= 15 is 0 Å². The number of anilines is 4. The maximum atomic E-state index is 14.9. The van der Waals surface area contributed by atoms with Crippen LogP contribution in [0, 0.1) is 5.92 Å². The van der Waals surface area contributed by atoms with E-state index in [4.69, 9.17) is 16.3 Å². The van der Waals surface area contributed by atoms with Gasteiger partial charge in [0.25, 0.3) is 5.56 Å². The number of hydrogen-bond donors (Lipinski definition) is 4. The molecule has 0 radical (unpaired) electrons. The summed E-state index contributed by atoms with van der Waals surface area (Å²) in [6.07, 6.45) is 1.68. The number of hydrogen-bond acceptors (Lipinski definition) is 9. The third-order valence-electron chi connectivity index (χ3n) is 7.83. The first-order valence-electron chi connectivity index (χ1n) is 13.2. The van der Waals surface area contributed by atoms with E-state index in [1.807, 2.05) is 0 Å². The molecule has 1 aromatic carbocycles. The summed E-state index contributed by atoms with van der Waals surface area (Å²) in [6.45, 7) is -0.617. The highest BCUT2D eigenvalue weighted by Crippen LogP contribution is 2.45. The molecular weight excluding hydrogens is 564 g/mol. The van der Waals surface area contributed by atoms with Gasteiger partial charge in [-0.05, 0) is 37.0 Å². The van der Waals surface area contributed by atoms with Crippen LogP contribution in [0.3, 0.4) is 0 Å². The Morgan fingerprint density at radius 1 is 1.32 bits per heavy atom. The molecule has 4 N–H and O–H groups in total. The number of aromatic nitrogens is 3. The summed E-state index contributed by atoms with van der Waals surface area (Å²) >= 11 is 6.41. The van der Waals surface area contributed by atoms with Crippen molar-refractivity contribution in [2.75, 3.05) is 48.4 Å². The summed E-state index contributed by atoms with van der Waals surface area (Å²) in [7, 11) is 1.55. The summed E-state index contributed by atoms with van der Waals surface area (Å²) in [5, 5.41) is 26.0. The Hall–Kier alpha value is -3.91. The lowest BCUT2D eigenvalue weighted by atomic mass is 10.0. The van der Waals surface area contributed by atoms with Crippen molar-refractivity contribution in [1.29, 1.82) is 0 Å². The molecule has 0 spiro atoms. The summed E-state index contributed by atoms with van der Waals surface area (Å²) < 4.78 is 36.7. The number of nitrogens with zero attached hydrogens (tertiary/aromatic N) is 5. The number of aryl methyl sites for hydroxylation is 1. The van der Waals surface area contributed by atoms with Crippen LogP contribution in [0.15, 0.2) is 29.2 Å². The van der Waals surface area contributed by atoms with Crippen LogP contribution in [0.5, 0.6) is 5.75 Å². The second kappa shape index (κ2) is 10.2. The van der Waals surface area contributed by atoms with Gasteiger partial charge in [-0.2, -0.15) is 4.98 Å². The number of amides is 1. The monoisotopic (exact) mass is 591 g/mol. The molecule has 15 heteroatoms. The Morgan fingerprint density at radius 3 is 2.80 bits per heavy atom. The lowest BCUT2D eigenvalue weighted by Gasteiger charge is -2.39. The van der Waals surface area contributed by atoms with Crippen LogP contribution in [0.2, 0.25) is 5.02 Å². The Balaban J connectivity index is 1.35. The van der Waals surface area contributed by atoms with Gasteiger partial charge in [-0.25, -0.2) is 18.6 Å². The van der Waals surface area contributed by atoms with Crippen LogP contribution in [-0.4, -0.2) is 86.6 Å². The van der Waals surface area contributed by atoms with E-state index in [2.05, 4.69) is 20.6 Å². The van der Waals surface area contributed by atoms with Gasteiger partial charge in [0.05, 0.1) is 36.1 Å². The Morgan fingerprint density at radius 2 is 2.10 bits per heavy atom. The minimum Gasteiger partial charge on any atom is -0.480 e. The molecule has 12 nitrogen and oxygen atoms in total. The average molecular weight is 592 g/mol. The number of nitrogens with one attached hydrogen (secondary N) is 2. The molecule has 2 fully saturated rings. The van der Waals surface area contributed by atoms with Gasteiger partial charge in [-0.1, -0.05) is 11.6 Å². The molecule has 2 unspecified atom stereocenters. The molecule has 2 aliphatic heterocycles. The van der Waals surface area contributed by atoms with Gasteiger partial charge in [0.2, 0.25) is 11.7 Å². The van der Waals surface area contributed by atoms with Crippen LogP contribution >= 0.6 is 11.6 Å². The molecule has 3 aliphatic rings. The molecule has 1 saturated carbocycles. The molecule has 1 amide bonds. The normalized spacial score (nSPS) is 22.0. The number of aliphatic hydroxyl groups is 1. The van der Waals surface area contributed by atoms with Crippen molar-refractivity contribution in [3.05, 3.63) is 39.8 Å². The van der Waals surface area contributed by atoms with E-state index in [0.717, 1.165) is 0 Å². The molecule has 3 aromatic rings. The van der Waals surface area contributed by atoms with Crippen LogP contribution in [-0.2, 0) is 7.05 Å². The van der Waals surface area contributed by atoms with Crippen LogP contribution in [0.1, 0.15) is 12.8 Å². The third kappa shape index (κ3) is 4.95. The van der Waals surface area contributed by atoms with E-state index in [-0.39, 0.29) is 60.4 Å². The van der Waals surface area contributed by atoms with Gasteiger partial charge in [-0.3, -0.25) is 4.79 Å². The van der Waals surface area contributed by atoms with Gasteiger partial charge in [-0.15, -0.1) is 0 Å². The Kier molecular flexibility index (Phi) is 6.77. The van der Waals surface area contributed by atoms with Crippen molar-refractivity contribution < 1.29 is 28.5 Å². The number of piperazine rings is 1. The first-order chi connectivity index (χ1) is 19.6. The predicted molar refractivity (Wildman–Crippen MR) is 148 cm³/mol. The number of fused-ring (bicyclic) bond motifs is 3. The van der Waals surface area contributed by atoms with E-state index in [0.29, 0.717) is 29.4 Å². The number of ether oxygens (including phenoxy) is 1. The first-order valence-corrected chi connectivity index (χ1v) is 13.5. The lowest BCUT2D eigenvalue weighted by Crippen LogP contribution is -2.56. The van der Waals surface area contributed by atoms with Crippen molar-refractivity contribution in [1.82, 2.24) is 19.4 Å². The highest BCUT2D eigenvalue weighted by molar-refractivity contribution is 6.33. The van der Waals surface area contributed by atoms with Crippen LogP contribution in [0.4, 0.5) is 36.7 Å². The van der Waals surface area contributed by atoms with Gasteiger partial charge in [0.1, 0.15) is 5.02 Å². The highest BCUT2D eigenvalue weighted by Gasteiger charge is 2.51. The number of pyridine rings is 1. The Labute approximate surface area is 237 Å². The van der Waals surface area contributed by atoms with Crippen LogP contribution < -0.4 is 25.8 Å². The average Bonchev–Trinajstić information content (AvgIpc) is 3.80. The molecule has 41 heavy (non-hydrogen) atoms. The predicted octanol–water partition coefficient (Wildman–Crippen LogP) is 3.10. The molecule has 0 bridgehead atoms. The molecule has 1 saturated heterocycles. The lowest BCUT2D eigenvalue weighted by molar-refractivity contribution is -0.0579. The number of benzene rings is 1. The van der Waals surface area contributed by atoms with E-state index in [1.54, 1.807) is 30.1 Å². The molecule has 1 aliphatic carbocycles. The van der Waals surface area contributed by atoms with Crippen molar-refractivity contribution >= 4 is 51.7 Å². The molecule has 2 atom stereocenters. The first kappa shape index (κ1) is 27.3. The number of alkyl halides is 2. The highest BCUT2D eigenvalue weighted by atomic mass is 35.5. The minimum absolute atomic E-state index is 0.0883. The maximum Gasteiger partial charge on any atom is 0.407 e. The SMILES string of the molecule is Cn1c(=O)c2c(c3cc(Nc4nc(N5CCN(C(=O)O)CC5CO)ncc4Cl)ccc31)NC(C1CC1)C(F)(F)CO2. The smallest absolute Gasteiger partial charge is 0.407 e. The maximum absolute atomic E-state index is 14.9. The zero-order valence-electron chi connectivity index (χ0n) is 22.0. The standard InChI is InChI=1S/C26H28ClF2N7O5/c1-34-18-5-4-14(8-16(18)19-20(23(34)38)41-12-26(28,29)21(32-19)13-2-3-13)31-22-17(27)9-30-24(33-22)36-7-6-35(25(39)40)10-15(36)11-37/h4-5,8-9,13,15,21,32,37H,2-3,6-7,10-12H2,1H3,(H,39,40)(H,30,31,33). The van der Waals surface area contributed by atoms with Gasteiger partial charge < -0.3 is 40.0 Å².